The number of piperidine rings is 2. The van der Waals surface area contributed by atoms with E-state index in [0.29, 0.717) is 39.6 Å². The normalized spacial score (nSPS) is 16.7. The number of methoxy groups -OCH3 is 1. The fraction of sp³-hybridized carbons (Fsp3) is 0.406. The van der Waals surface area contributed by atoms with Crippen LogP contribution in [0.25, 0.3) is 21.8 Å². The predicted octanol–water partition coefficient (Wildman–Crippen LogP) is 6.64. The number of likely N-dealkylation sites (tertiary alicyclic amines) is 2. The van der Waals surface area contributed by atoms with Crippen LogP contribution in [-0.2, 0) is 17.8 Å². The number of phenolic OH excluding ortho intramolecular Hbond substituents is 1. The summed E-state index contributed by atoms with van der Waals surface area (Å²) in [6.45, 7) is 5.54. The lowest BCUT2D eigenvalue weighted by Gasteiger charge is -2.30. The summed E-state index contributed by atoms with van der Waals surface area (Å²) in [5.74, 6) is 0.426. The summed E-state index contributed by atoms with van der Waals surface area (Å²) in [7, 11) is 1.35. The van der Waals surface area contributed by atoms with E-state index in [9.17, 15) is 9.90 Å². The molecular formula is C32H36ClN5O3. The molecule has 2 N–H and O–H groups in total. The van der Waals surface area contributed by atoms with Crippen LogP contribution in [0.2, 0.25) is 5.02 Å². The number of anilines is 2. The average Bonchev–Trinajstić information content (AvgIpc) is 3.01. The van der Waals surface area contributed by atoms with Crippen LogP contribution in [0.15, 0.2) is 42.6 Å². The van der Waals surface area contributed by atoms with E-state index in [4.69, 9.17) is 21.3 Å². The predicted molar refractivity (Wildman–Crippen MR) is 163 cm³/mol. The largest absolute Gasteiger partial charge is 0.507 e. The first-order valence-corrected chi connectivity index (χ1v) is 14.9. The van der Waals surface area contributed by atoms with Crippen molar-refractivity contribution in [2.45, 2.75) is 51.6 Å². The fourth-order valence-electron chi connectivity index (χ4n) is 6.08. The zero-order valence-corrected chi connectivity index (χ0v) is 24.2. The Labute approximate surface area is 245 Å². The molecule has 2 aliphatic heterocycles. The maximum Gasteiger partial charge on any atom is 0.339 e. The molecule has 0 amide bonds. The Bertz CT molecular complexity index is 1580. The van der Waals surface area contributed by atoms with Crippen molar-refractivity contribution in [1.82, 2.24) is 19.8 Å². The van der Waals surface area contributed by atoms with Gasteiger partial charge >= 0.3 is 5.97 Å². The number of hydrogen-bond donors (Lipinski definition) is 2. The molecular weight excluding hydrogens is 538 g/mol. The van der Waals surface area contributed by atoms with E-state index in [1.54, 1.807) is 12.1 Å². The molecule has 2 aliphatic rings. The number of pyridine rings is 2. The van der Waals surface area contributed by atoms with Gasteiger partial charge in [0.25, 0.3) is 0 Å². The fourth-order valence-corrected chi connectivity index (χ4v) is 6.25. The first kappa shape index (κ1) is 27.7. The molecule has 4 aromatic rings. The summed E-state index contributed by atoms with van der Waals surface area (Å²) in [6, 6.07) is 11.3. The van der Waals surface area contributed by atoms with Crippen molar-refractivity contribution in [3.8, 4) is 5.75 Å². The van der Waals surface area contributed by atoms with Gasteiger partial charge in [-0.15, -0.1) is 0 Å². The summed E-state index contributed by atoms with van der Waals surface area (Å²) in [6.07, 6.45) is 8.77. The molecule has 0 saturated carbocycles. The number of ether oxygens (including phenoxy) is 1. The molecule has 0 bridgehead atoms. The average molecular weight is 574 g/mol. The molecule has 0 unspecified atom stereocenters. The molecule has 2 aromatic heterocycles. The Morgan fingerprint density at radius 1 is 0.951 bits per heavy atom. The van der Waals surface area contributed by atoms with Crippen LogP contribution in [0.1, 0.15) is 60.0 Å². The van der Waals surface area contributed by atoms with Gasteiger partial charge in [-0.3, -0.25) is 14.8 Å². The first-order chi connectivity index (χ1) is 20.0. The maximum absolute atomic E-state index is 12.4. The second-order valence-corrected chi connectivity index (χ2v) is 11.6. The summed E-state index contributed by atoms with van der Waals surface area (Å²) in [5.41, 5.74) is 4.35. The number of esters is 1. The third-order valence-corrected chi connectivity index (χ3v) is 8.54. The third kappa shape index (κ3) is 5.96. The summed E-state index contributed by atoms with van der Waals surface area (Å²) in [5, 5.41) is 17.2. The van der Waals surface area contributed by atoms with Crippen molar-refractivity contribution in [2.24, 2.45) is 0 Å². The van der Waals surface area contributed by atoms with Crippen molar-refractivity contribution in [3.63, 3.8) is 0 Å². The van der Waals surface area contributed by atoms with Crippen LogP contribution in [0, 0.1) is 0 Å². The summed E-state index contributed by atoms with van der Waals surface area (Å²) >= 11 is 6.33. The summed E-state index contributed by atoms with van der Waals surface area (Å²) < 4.78 is 4.96. The molecule has 214 valence electrons. The Morgan fingerprint density at radius 2 is 1.66 bits per heavy atom. The van der Waals surface area contributed by atoms with Crippen molar-refractivity contribution in [2.75, 3.05) is 38.6 Å². The molecule has 0 radical (unpaired) electrons. The first-order valence-electron chi connectivity index (χ1n) is 14.5. The van der Waals surface area contributed by atoms with Gasteiger partial charge in [-0.2, -0.15) is 0 Å². The zero-order chi connectivity index (χ0) is 28.3. The second kappa shape index (κ2) is 12.2. The zero-order valence-electron chi connectivity index (χ0n) is 23.5. The van der Waals surface area contributed by atoms with Gasteiger partial charge in [-0.1, -0.05) is 30.5 Å². The van der Waals surface area contributed by atoms with Gasteiger partial charge in [-0.05, 0) is 82.2 Å². The highest BCUT2D eigenvalue weighted by molar-refractivity contribution is 6.31. The molecule has 8 nitrogen and oxygen atoms in total. The van der Waals surface area contributed by atoms with Gasteiger partial charge in [0, 0.05) is 51.9 Å². The molecule has 41 heavy (non-hydrogen) atoms. The standard InChI is InChI=1S/C32H36ClN5O3/c1-41-32(40)22-16-25-29(34-18-22)24-17-23(33)9-11-27(24)35-31(25)36-28-10-8-21(19-37-12-4-2-5-13-37)30(39)26(28)20-38-14-6-3-7-15-38/h8-11,16-18,39H,2-7,12-15,19-20H2,1H3,(H,35,36). The smallest absolute Gasteiger partial charge is 0.339 e. The number of aromatic nitrogens is 2. The van der Waals surface area contributed by atoms with Crippen molar-refractivity contribution < 1.29 is 14.6 Å². The molecule has 9 heteroatoms. The van der Waals surface area contributed by atoms with Gasteiger partial charge in [-0.25, -0.2) is 9.78 Å². The minimum Gasteiger partial charge on any atom is -0.507 e. The number of phenols is 1. The van der Waals surface area contributed by atoms with Crippen LogP contribution < -0.4 is 5.32 Å². The van der Waals surface area contributed by atoms with E-state index in [-0.39, 0.29) is 0 Å². The van der Waals surface area contributed by atoms with Crippen LogP contribution >= 0.6 is 11.6 Å². The Kier molecular flexibility index (Phi) is 8.23. The number of carbonyl (C=O) groups is 1. The third-order valence-electron chi connectivity index (χ3n) is 8.30. The summed E-state index contributed by atoms with van der Waals surface area (Å²) in [4.78, 5) is 26.8. The second-order valence-electron chi connectivity index (χ2n) is 11.1. The maximum atomic E-state index is 12.4. The van der Waals surface area contributed by atoms with Crippen molar-refractivity contribution >= 4 is 50.9 Å². The van der Waals surface area contributed by atoms with Crippen LogP contribution in [0.5, 0.6) is 5.75 Å². The Morgan fingerprint density at radius 3 is 2.37 bits per heavy atom. The van der Waals surface area contributed by atoms with E-state index in [1.807, 2.05) is 18.2 Å². The van der Waals surface area contributed by atoms with Gasteiger partial charge in [0.05, 0.1) is 23.7 Å². The highest BCUT2D eigenvalue weighted by Crippen LogP contribution is 2.37. The van der Waals surface area contributed by atoms with Gasteiger partial charge in [0.1, 0.15) is 11.6 Å². The molecule has 0 atom stereocenters. The monoisotopic (exact) mass is 573 g/mol. The van der Waals surface area contributed by atoms with Crippen LogP contribution in [0.3, 0.4) is 0 Å². The van der Waals surface area contributed by atoms with E-state index >= 15 is 0 Å². The van der Waals surface area contributed by atoms with Gasteiger partial charge in [0.2, 0.25) is 0 Å². The highest BCUT2D eigenvalue weighted by atomic mass is 35.5. The van der Waals surface area contributed by atoms with Crippen LogP contribution in [0.4, 0.5) is 11.5 Å². The number of rotatable bonds is 7. The minimum absolute atomic E-state index is 0.333. The minimum atomic E-state index is -0.470. The van der Waals surface area contributed by atoms with Crippen LogP contribution in [-0.4, -0.2) is 64.1 Å². The Hall–Kier alpha value is -3.46. The van der Waals surface area contributed by atoms with E-state index in [0.717, 1.165) is 60.4 Å². The Balaban J connectivity index is 1.44. The SMILES string of the molecule is COC(=O)c1cnc2c(c1)c(Nc1ccc(CN3CCCCC3)c(O)c1CN1CCCCC1)nc1ccc(Cl)cc12. The van der Waals surface area contributed by atoms with Crippen molar-refractivity contribution in [3.05, 3.63) is 64.3 Å². The quantitative estimate of drug-likeness (QED) is 0.188. The molecule has 6 rings (SSSR count). The lowest BCUT2D eigenvalue weighted by atomic mass is 10.0. The number of halogens is 1. The van der Waals surface area contributed by atoms with E-state index in [1.165, 1.54) is 51.8 Å². The number of nitrogens with one attached hydrogen (secondary N) is 1. The molecule has 2 aromatic carbocycles. The number of nitrogens with zero attached hydrogens (tertiary/aromatic N) is 4. The van der Waals surface area contributed by atoms with Gasteiger partial charge < -0.3 is 15.2 Å². The van der Waals surface area contributed by atoms with E-state index < -0.39 is 5.97 Å². The lowest BCUT2D eigenvalue weighted by Crippen LogP contribution is -2.30. The molecule has 4 heterocycles. The number of fused-ring (bicyclic) bond motifs is 3. The number of hydrogen-bond acceptors (Lipinski definition) is 8. The number of carbonyl (C=O) groups excluding carboxylic acids is 1. The van der Waals surface area contributed by atoms with E-state index in [2.05, 4.69) is 26.2 Å². The molecule has 0 aliphatic carbocycles. The topological polar surface area (TPSA) is 90.8 Å². The highest BCUT2D eigenvalue weighted by Gasteiger charge is 2.22. The van der Waals surface area contributed by atoms with Gasteiger partial charge in [0.15, 0.2) is 0 Å². The number of benzene rings is 2. The molecule has 2 fully saturated rings. The molecule has 0 spiro atoms. The lowest BCUT2D eigenvalue weighted by molar-refractivity contribution is 0.0600. The van der Waals surface area contributed by atoms with Crippen molar-refractivity contribution in [1.29, 1.82) is 0 Å². The number of aromatic hydroxyl groups is 1. The molecule has 2 saturated heterocycles.